The van der Waals surface area contributed by atoms with E-state index in [-0.39, 0.29) is 31.0 Å². The monoisotopic (exact) mass is 331 g/mol. The number of hydrogen-bond acceptors (Lipinski definition) is 6. The summed E-state index contributed by atoms with van der Waals surface area (Å²) in [4.78, 5) is 2.37. The standard InChI is InChI=1S/C18H21NO5/c1-19-4-3-9-5-14(21-2)17-15(16(9)19)10-6-12-13(23-8-22-12)7-11(10)18(20)24-17/h5-7,14-18,20H,3-4,8H2,1-2H3/t14-,15-,16+,17+,18-/m0/s1. The van der Waals surface area contributed by atoms with Crippen molar-refractivity contribution in [3.63, 3.8) is 0 Å². The lowest BCUT2D eigenvalue weighted by atomic mass is 9.73. The van der Waals surface area contributed by atoms with Gasteiger partial charge in [-0.1, -0.05) is 11.6 Å². The van der Waals surface area contributed by atoms with E-state index in [1.54, 1.807) is 7.11 Å². The van der Waals surface area contributed by atoms with Crippen LogP contribution in [0.5, 0.6) is 11.5 Å². The molecule has 3 aliphatic heterocycles. The second kappa shape index (κ2) is 5.20. The number of nitrogens with zero attached hydrogens (tertiary/aromatic N) is 1. The van der Waals surface area contributed by atoms with Crippen LogP contribution in [0.4, 0.5) is 0 Å². The van der Waals surface area contributed by atoms with Gasteiger partial charge in [0.1, 0.15) is 6.10 Å². The maximum atomic E-state index is 10.5. The number of hydrogen-bond donors (Lipinski definition) is 1. The average molecular weight is 331 g/mol. The zero-order chi connectivity index (χ0) is 16.4. The number of likely N-dealkylation sites (tertiary alicyclic amines) is 1. The topological polar surface area (TPSA) is 60.4 Å². The fraction of sp³-hybridized carbons (Fsp3) is 0.556. The first-order valence-corrected chi connectivity index (χ1v) is 8.38. The number of likely N-dealkylation sites (N-methyl/N-ethyl adjacent to an activating group) is 1. The molecular weight excluding hydrogens is 310 g/mol. The minimum atomic E-state index is -0.977. The van der Waals surface area contributed by atoms with Gasteiger partial charge >= 0.3 is 0 Å². The molecule has 0 spiro atoms. The Hall–Kier alpha value is -1.60. The molecular formula is C18H21NO5. The van der Waals surface area contributed by atoms with Crippen molar-refractivity contribution in [2.24, 2.45) is 0 Å². The molecule has 1 saturated heterocycles. The van der Waals surface area contributed by atoms with Crippen molar-refractivity contribution in [2.75, 3.05) is 27.5 Å². The van der Waals surface area contributed by atoms with Crippen molar-refractivity contribution in [1.82, 2.24) is 4.90 Å². The van der Waals surface area contributed by atoms with E-state index in [1.165, 1.54) is 5.57 Å². The van der Waals surface area contributed by atoms with Crippen LogP contribution < -0.4 is 9.47 Å². The fourth-order valence-corrected chi connectivity index (χ4v) is 4.66. The summed E-state index contributed by atoms with van der Waals surface area (Å²) in [5.41, 5.74) is 3.25. The highest BCUT2D eigenvalue weighted by Gasteiger charge is 2.50. The van der Waals surface area contributed by atoms with E-state index in [0.717, 1.165) is 29.8 Å². The van der Waals surface area contributed by atoms with Crippen LogP contribution in [0, 0.1) is 0 Å². The van der Waals surface area contributed by atoms with Crippen LogP contribution in [0.2, 0.25) is 0 Å². The van der Waals surface area contributed by atoms with Crippen LogP contribution >= 0.6 is 0 Å². The lowest BCUT2D eigenvalue weighted by molar-refractivity contribution is -0.189. The van der Waals surface area contributed by atoms with E-state index in [9.17, 15) is 5.11 Å². The molecule has 6 nitrogen and oxygen atoms in total. The van der Waals surface area contributed by atoms with Gasteiger partial charge in [0.05, 0.1) is 6.10 Å². The molecule has 1 fully saturated rings. The van der Waals surface area contributed by atoms with E-state index in [1.807, 2.05) is 12.1 Å². The minimum absolute atomic E-state index is 0.107. The Kier molecular flexibility index (Phi) is 3.19. The number of fused-ring (bicyclic) bond motifs is 6. The van der Waals surface area contributed by atoms with Crippen LogP contribution in [-0.2, 0) is 9.47 Å². The molecule has 1 N–H and O–H groups in total. The van der Waals surface area contributed by atoms with Crippen molar-refractivity contribution in [2.45, 2.75) is 36.9 Å². The molecule has 5 atom stereocenters. The van der Waals surface area contributed by atoms with Gasteiger partial charge < -0.3 is 24.1 Å². The van der Waals surface area contributed by atoms with E-state index in [2.05, 4.69) is 18.0 Å². The van der Waals surface area contributed by atoms with Crippen molar-refractivity contribution in [1.29, 1.82) is 0 Å². The zero-order valence-electron chi connectivity index (χ0n) is 13.8. The first-order valence-electron chi connectivity index (χ1n) is 8.38. The number of benzene rings is 1. The minimum Gasteiger partial charge on any atom is -0.454 e. The second-order valence-corrected chi connectivity index (χ2v) is 6.93. The highest BCUT2D eigenvalue weighted by molar-refractivity contribution is 5.53. The average Bonchev–Trinajstić information content (AvgIpc) is 3.19. The van der Waals surface area contributed by atoms with Crippen molar-refractivity contribution in [3.8, 4) is 11.5 Å². The van der Waals surface area contributed by atoms with Gasteiger partial charge in [-0.15, -0.1) is 0 Å². The largest absolute Gasteiger partial charge is 0.454 e. The van der Waals surface area contributed by atoms with E-state index in [0.29, 0.717) is 5.75 Å². The Morgan fingerprint density at radius 2 is 1.96 bits per heavy atom. The van der Waals surface area contributed by atoms with Crippen LogP contribution in [0.1, 0.15) is 29.8 Å². The van der Waals surface area contributed by atoms with Gasteiger partial charge in [-0.05, 0) is 31.2 Å². The molecule has 1 aromatic rings. The Balaban J connectivity index is 1.68. The Morgan fingerprint density at radius 1 is 1.21 bits per heavy atom. The molecule has 0 aromatic heterocycles. The fourth-order valence-electron chi connectivity index (χ4n) is 4.66. The third kappa shape index (κ3) is 1.91. The number of methoxy groups -OCH3 is 1. The number of aliphatic hydroxyl groups excluding tert-OH is 1. The maximum Gasteiger partial charge on any atom is 0.231 e. The zero-order valence-corrected chi connectivity index (χ0v) is 13.8. The van der Waals surface area contributed by atoms with E-state index >= 15 is 0 Å². The van der Waals surface area contributed by atoms with Crippen molar-refractivity contribution in [3.05, 3.63) is 34.9 Å². The summed E-state index contributed by atoms with van der Waals surface area (Å²) in [5.74, 6) is 1.52. The molecule has 0 amide bonds. The highest BCUT2D eigenvalue weighted by Crippen LogP contribution is 2.51. The predicted molar refractivity (Wildman–Crippen MR) is 85.1 cm³/mol. The first kappa shape index (κ1) is 14.7. The molecule has 5 rings (SSSR count). The van der Waals surface area contributed by atoms with Crippen molar-refractivity contribution >= 4 is 0 Å². The quantitative estimate of drug-likeness (QED) is 0.788. The molecule has 0 bridgehead atoms. The van der Waals surface area contributed by atoms with Gasteiger partial charge in [-0.2, -0.15) is 0 Å². The Labute approximate surface area is 140 Å². The van der Waals surface area contributed by atoms with Gasteiger partial charge in [0.25, 0.3) is 0 Å². The predicted octanol–water partition coefficient (Wildman–Crippen LogP) is 1.55. The molecule has 24 heavy (non-hydrogen) atoms. The van der Waals surface area contributed by atoms with E-state index < -0.39 is 6.29 Å². The first-order chi connectivity index (χ1) is 11.7. The Morgan fingerprint density at radius 3 is 2.71 bits per heavy atom. The highest BCUT2D eigenvalue weighted by atomic mass is 16.7. The summed E-state index contributed by atoms with van der Waals surface area (Å²) in [6.45, 7) is 1.25. The molecule has 0 saturated carbocycles. The molecule has 1 aromatic carbocycles. The van der Waals surface area contributed by atoms with E-state index in [4.69, 9.17) is 18.9 Å². The number of ether oxygens (including phenoxy) is 4. The Bertz CT molecular complexity index is 718. The summed E-state index contributed by atoms with van der Waals surface area (Å²) < 4.78 is 22.7. The number of aliphatic hydroxyl groups is 1. The van der Waals surface area contributed by atoms with Gasteiger partial charge in [0.2, 0.25) is 6.79 Å². The lowest BCUT2D eigenvalue weighted by Gasteiger charge is -2.46. The molecule has 0 radical (unpaired) electrons. The third-order valence-corrected chi connectivity index (χ3v) is 5.77. The summed E-state index contributed by atoms with van der Waals surface area (Å²) in [5, 5.41) is 10.5. The van der Waals surface area contributed by atoms with Crippen LogP contribution in [-0.4, -0.2) is 55.8 Å². The second-order valence-electron chi connectivity index (χ2n) is 6.93. The maximum absolute atomic E-state index is 10.5. The van der Waals surface area contributed by atoms with Gasteiger partial charge in [0.15, 0.2) is 17.8 Å². The normalized spacial score (nSPS) is 36.8. The van der Waals surface area contributed by atoms with Gasteiger partial charge in [-0.3, -0.25) is 4.90 Å². The summed E-state index contributed by atoms with van der Waals surface area (Å²) in [6.07, 6.45) is 1.88. The molecule has 1 aliphatic carbocycles. The summed E-state index contributed by atoms with van der Waals surface area (Å²) >= 11 is 0. The van der Waals surface area contributed by atoms with Crippen LogP contribution in [0.3, 0.4) is 0 Å². The van der Waals surface area contributed by atoms with Gasteiger partial charge in [0, 0.05) is 31.2 Å². The smallest absolute Gasteiger partial charge is 0.231 e. The summed E-state index contributed by atoms with van der Waals surface area (Å²) in [7, 11) is 3.84. The molecule has 3 heterocycles. The SMILES string of the molecule is CO[C@H]1C=C2CCN(C)[C@H]2[C@@H]2c3cc4c(cc3[C@@H](O)O[C@@H]21)OCO4. The molecule has 0 unspecified atom stereocenters. The molecule has 128 valence electrons. The lowest BCUT2D eigenvalue weighted by Crippen LogP contribution is -2.50. The third-order valence-electron chi connectivity index (χ3n) is 5.77. The van der Waals surface area contributed by atoms with Crippen molar-refractivity contribution < 1.29 is 24.1 Å². The number of rotatable bonds is 1. The van der Waals surface area contributed by atoms with Crippen LogP contribution in [0.25, 0.3) is 0 Å². The van der Waals surface area contributed by atoms with Crippen LogP contribution in [0.15, 0.2) is 23.8 Å². The summed E-state index contributed by atoms with van der Waals surface area (Å²) in [6, 6.07) is 4.14. The molecule has 6 heteroatoms. The van der Waals surface area contributed by atoms with Gasteiger partial charge in [-0.25, -0.2) is 0 Å². The molecule has 4 aliphatic rings.